The van der Waals surface area contributed by atoms with Crippen molar-refractivity contribution in [3.63, 3.8) is 0 Å². The molecule has 1 aliphatic rings. The van der Waals surface area contributed by atoms with Gasteiger partial charge in [-0.2, -0.15) is 26.3 Å². The molecule has 0 spiro atoms. The molecule has 1 aliphatic heterocycles. The van der Waals surface area contributed by atoms with Gasteiger partial charge in [-0.15, -0.1) is 0 Å². The number of aliphatic hydroxyl groups excluding tert-OH is 3. The van der Waals surface area contributed by atoms with Gasteiger partial charge in [-0.25, -0.2) is 4.98 Å². The molecule has 0 saturated carbocycles. The van der Waals surface area contributed by atoms with E-state index in [9.17, 15) is 31.4 Å². The zero-order valence-electron chi connectivity index (χ0n) is 22.7. The first kappa shape index (κ1) is 34.2. The molecular formula is C27H40F6N4O3. The minimum atomic E-state index is -4.93. The third kappa shape index (κ3) is 9.81. The Bertz CT molecular complexity index is 1010. The van der Waals surface area contributed by atoms with E-state index < -0.39 is 41.3 Å². The van der Waals surface area contributed by atoms with Crippen LogP contribution in [0.15, 0.2) is 24.3 Å². The van der Waals surface area contributed by atoms with Crippen LogP contribution in [0.1, 0.15) is 68.9 Å². The van der Waals surface area contributed by atoms with Crippen LogP contribution >= 0.6 is 0 Å². The van der Waals surface area contributed by atoms with Crippen LogP contribution < -0.4 is 16.0 Å². The molecule has 6 N–H and O–H groups in total. The van der Waals surface area contributed by atoms with Gasteiger partial charge in [0.05, 0.1) is 30.4 Å². The van der Waals surface area contributed by atoms with Gasteiger partial charge in [0, 0.05) is 36.6 Å². The van der Waals surface area contributed by atoms with Gasteiger partial charge < -0.3 is 31.3 Å². The molecule has 1 aromatic heterocycles. The number of nitrogens with zero attached hydrogens (tertiary/aromatic N) is 1. The van der Waals surface area contributed by atoms with E-state index in [1.165, 1.54) is 6.07 Å². The minimum Gasteiger partial charge on any atom is -0.395 e. The van der Waals surface area contributed by atoms with E-state index in [2.05, 4.69) is 20.9 Å². The number of para-hydroxylation sites is 1. The molecule has 3 rings (SSSR count). The van der Waals surface area contributed by atoms with Gasteiger partial charge in [0.1, 0.15) is 5.69 Å². The minimum absolute atomic E-state index is 0.132. The Labute approximate surface area is 230 Å². The highest BCUT2D eigenvalue weighted by atomic mass is 19.4. The number of rotatable bonds is 11. The number of fused-ring (bicyclic) bond motifs is 1. The first-order chi connectivity index (χ1) is 18.9. The summed E-state index contributed by atoms with van der Waals surface area (Å²) in [6, 6.07) is 3.56. The number of aliphatic hydroxyl groups is 3. The molecule has 2 aromatic rings. The van der Waals surface area contributed by atoms with Crippen molar-refractivity contribution in [1.29, 1.82) is 0 Å². The fourth-order valence-electron chi connectivity index (χ4n) is 4.49. The lowest BCUT2D eigenvalue weighted by Gasteiger charge is -2.29. The number of halogens is 6. The van der Waals surface area contributed by atoms with Crippen molar-refractivity contribution >= 4 is 10.9 Å². The van der Waals surface area contributed by atoms with E-state index in [-0.39, 0.29) is 36.2 Å². The molecule has 40 heavy (non-hydrogen) atoms. The van der Waals surface area contributed by atoms with Gasteiger partial charge in [-0.05, 0) is 49.9 Å². The number of alkyl halides is 6. The molecule has 228 valence electrons. The van der Waals surface area contributed by atoms with Crippen LogP contribution in [-0.2, 0) is 12.4 Å². The molecule has 2 heterocycles. The van der Waals surface area contributed by atoms with Crippen LogP contribution in [0.2, 0.25) is 0 Å². The smallest absolute Gasteiger partial charge is 0.395 e. The second-order valence-corrected chi connectivity index (χ2v) is 9.78. The first-order valence-electron chi connectivity index (χ1n) is 13.5. The van der Waals surface area contributed by atoms with Crippen molar-refractivity contribution in [1.82, 2.24) is 20.9 Å². The zero-order valence-corrected chi connectivity index (χ0v) is 22.7. The molecule has 0 amide bonds. The van der Waals surface area contributed by atoms with Gasteiger partial charge in [-0.1, -0.05) is 32.4 Å². The van der Waals surface area contributed by atoms with Crippen molar-refractivity contribution in [2.75, 3.05) is 32.8 Å². The molecule has 13 heteroatoms. The molecule has 1 fully saturated rings. The quantitative estimate of drug-likeness (QED) is 0.175. The average molecular weight is 583 g/mol. The number of pyridine rings is 1. The number of hydrogen-bond donors (Lipinski definition) is 6. The summed E-state index contributed by atoms with van der Waals surface area (Å²) in [7, 11) is 0. The largest absolute Gasteiger partial charge is 0.433 e. The van der Waals surface area contributed by atoms with E-state index in [1.807, 2.05) is 13.8 Å². The third-order valence-electron chi connectivity index (χ3n) is 6.93. The summed E-state index contributed by atoms with van der Waals surface area (Å²) in [6.07, 6.45) is -7.12. The Hall–Kier alpha value is -2.03. The first-order valence-corrected chi connectivity index (χ1v) is 13.5. The summed E-state index contributed by atoms with van der Waals surface area (Å²) in [5.41, 5.74) is -3.72. The summed E-state index contributed by atoms with van der Waals surface area (Å²) in [4.78, 5) is 3.22. The van der Waals surface area contributed by atoms with E-state index in [1.54, 1.807) is 0 Å². The second-order valence-electron chi connectivity index (χ2n) is 9.78. The maximum absolute atomic E-state index is 13.2. The normalized spacial score (nSPS) is 18.6. The Morgan fingerprint density at radius 1 is 0.950 bits per heavy atom. The van der Waals surface area contributed by atoms with Gasteiger partial charge in [0.2, 0.25) is 0 Å². The zero-order chi connectivity index (χ0) is 29.9. The molecule has 0 radical (unpaired) electrons. The summed E-state index contributed by atoms with van der Waals surface area (Å²) >= 11 is 0. The van der Waals surface area contributed by atoms with Gasteiger partial charge in [0.25, 0.3) is 0 Å². The van der Waals surface area contributed by atoms with Gasteiger partial charge in [-0.3, -0.25) is 0 Å². The van der Waals surface area contributed by atoms with E-state index in [0.717, 1.165) is 44.8 Å². The molecular weight excluding hydrogens is 542 g/mol. The lowest BCUT2D eigenvalue weighted by Crippen LogP contribution is -2.40. The lowest BCUT2D eigenvalue weighted by molar-refractivity contribution is -0.142. The molecule has 1 saturated heterocycles. The van der Waals surface area contributed by atoms with Crippen LogP contribution in [0.25, 0.3) is 10.9 Å². The monoisotopic (exact) mass is 582 g/mol. The molecule has 7 nitrogen and oxygen atoms in total. The van der Waals surface area contributed by atoms with Crippen LogP contribution in [0.3, 0.4) is 0 Å². The summed E-state index contributed by atoms with van der Waals surface area (Å²) < 4.78 is 79.3. The average Bonchev–Trinajstić information content (AvgIpc) is 2.93. The highest BCUT2D eigenvalue weighted by molar-refractivity contribution is 5.86. The number of aromatic nitrogens is 1. The van der Waals surface area contributed by atoms with E-state index >= 15 is 0 Å². The second kappa shape index (κ2) is 15.8. The molecule has 0 bridgehead atoms. The predicted octanol–water partition coefficient (Wildman–Crippen LogP) is 4.16. The fraction of sp³-hybridized carbons (Fsp3) is 0.667. The van der Waals surface area contributed by atoms with E-state index in [4.69, 9.17) is 10.2 Å². The maximum Gasteiger partial charge on any atom is 0.433 e. The SMILES string of the molecule is CC[C@@H](CO)NCCN[C@@H](CC)CO.OC(c1cc(C(F)(F)F)nc2c(C(F)(F)F)cccc12)C1CCCCN1. The van der Waals surface area contributed by atoms with Crippen molar-refractivity contribution in [2.24, 2.45) is 0 Å². The lowest BCUT2D eigenvalue weighted by atomic mass is 9.91. The van der Waals surface area contributed by atoms with Crippen molar-refractivity contribution < 1.29 is 41.7 Å². The Kier molecular flexibility index (Phi) is 13.5. The summed E-state index contributed by atoms with van der Waals surface area (Å²) in [5.74, 6) is 0. The Morgan fingerprint density at radius 2 is 1.55 bits per heavy atom. The van der Waals surface area contributed by atoms with Crippen LogP contribution in [-0.4, -0.2) is 71.3 Å². The van der Waals surface area contributed by atoms with Gasteiger partial charge >= 0.3 is 12.4 Å². The molecule has 4 atom stereocenters. The van der Waals surface area contributed by atoms with Crippen molar-refractivity contribution in [3.8, 4) is 0 Å². The number of nitrogens with one attached hydrogen (secondary N) is 3. The van der Waals surface area contributed by atoms with E-state index in [0.29, 0.717) is 25.1 Å². The number of piperidine rings is 1. The standard InChI is InChI=1S/C17H16F6N2O.C10H24N2O2/c18-16(19,20)11-5-3-4-9-10(15(26)12-6-1-2-7-24-12)8-13(17(21,22)23)25-14(9)11;1-3-9(7-13)11-5-6-12-10(4-2)8-14/h3-5,8,12,15,24,26H,1-2,6-7H2;9-14H,3-8H2,1-2H3/t;9-,10-/m.0/s1. The fourth-order valence-corrected chi connectivity index (χ4v) is 4.49. The van der Waals surface area contributed by atoms with Crippen LogP contribution in [0.4, 0.5) is 26.3 Å². The Morgan fingerprint density at radius 3 is 2.00 bits per heavy atom. The summed E-state index contributed by atoms with van der Waals surface area (Å²) in [5, 5.41) is 37.7. The molecule has 0 aliphatic carbocycles. The Balaban J connectivity index is 0.000000342. The van der Waals surface area contributed by atoms with Crippen molar-refractivity contribution in [3.05, 3.63) is 41.1 Å². The number of hydrogen-bond acceptors (Lipinski definition) is 7. The topological polar surface area (TPSA) is 110 Å². The van der Waals surface area contributed by atoms with Crippen molar-refractivity contribution in [2.45, 2.75) is 82.5 Å². The van der Waals surface area contributed by atoms with Gasteiger partial charge in [0.15, 0.2) is 0 Å². The highest BCUT2D eigenvalue weighted by Gasteiger charge is 2.38. The van der Waals surface area contributed by atoms with Crippen LogP contribution in [0, 0.1) is 0 Å². The molecule has 1 aromatic carbocycles. The highest BCUT2D eigenvalue weighted by Crippen LogP contribution is 2.39. The molecule has 2 unspecified atom stereocenters. The third-order valence-corrected chi connectivity index (χ3v) is 6.93. The summed E-state index contributed by atoms with van der Waals surface area (Å²) in [6.45, 7) is 6.71. The number of benzene rings is 1. The maximum atomic E-state index is 13.2. The predicted molar refractivity (Wildman–Crippen MR) is 141 cm³/mol. The van der Waals surface area contributed by atoms with Crippen LogP contribution in [0.5, 0.6) is 0 Å².